The molecule has 1 heterocycles. The number of hydrogen-bond acceptors (Lipinski definition) is 3. The molecule has 1 aromatic carbocycles. The van der Waals surface area contributed by atoms with Gasteiger partial charge in [0.05, 0.1) is 12.2 Å². The number of halogens is 2. The zero-order valence-corrected chi connectivity index (χ0v) is 13.3. The number of carboxylic acids is 1. The van der Waals surface area contributed by atoms with E-state index in [2.05, 4.69) is 6.92 Å². The van der Waals surface area contributed by atoms with Crippen molar-refractivity contribution < 1.29 is 28.2 Å². The van der Waals surface area contributed by atoms with Crippen molar-refractivity contribution in [1.29, 1.82) is 0 Å². The van der Waals surface area contributed by atoms with Crippen molar-refractivity contribution in [2.45, 2.75) is 44.4 Å². The average Bonchev–Trinajstić information content (AvgIpc) is 2.91. The minimum atomic E-state index is -1.21. The van der Waals surface area contributed by atoms with E-state index in [4.69, 9.17) is 4.74 Å². The summed E-state index contributed by atoms with van der Waals surface area (Å²) >= 11 is 0. The molecule has 1 spiro atoms. The van der Waals surface area contributed by atoms with Gasteiger partial charge in [0.25, 0.3) is 5.91 Å². The summed E-state index contributed by atoms with van der Waals surface area (Å²) in [5, 5.41) is 9.43. The molecule has 1 unspecified atom stereocenters. The van der Waals surface area contributed by atoms with Crippen LogP contribution in [0.5, 0.6) is 0 Å². The summed E-state index contributed by atoms with van der Waals surface area (Å²) in [6.45, 7) is 1.93. The van der Waals surface area contributed by atoms with Crippen LogP contribution in [0.4, 0.5) is 8.78 Å². The van der Waals surface area contributed by atoms with Crippen LogP contribution < -0.4 is 0 Å². The standard InChI is InChI=1S/C17H19F2NO4/c1-10-4-6-17(7-5-10)20(14(9-24-17)16(22)23)15(21)12-8-11(18)2-3-13(12)19/h2-3,8,10,14H,4-7,9H2,1H3,(H,22,23). The Labute approximate surface area is 138 Å². The number of carboxylic acid groups (broad SMARTS) is 1. The predicted molar refractivity (Wildman–Crippen MR) is 80.3 cm³/mol. The minimum Gasteiger partial charge on any atom is -0.480 e. The maximum Gasteiger partial charge on any atom is 0.328 e. The van der Waals surface area contributed by atoms with Gasteiger partial charge in [-0.2, -0.15) is 0 Å². The Bertz CT molecular complexity index is 671. The highest BCUT2D eigenvalue weighted by Gasteiger charge is 2.54. The van der Waals surface area contributed by atoms with E-state index >= 15 is 0 Å². The lowest BCUT2D eigenvalue weighted by atomic mass is 9.83. The highest BCUT2D eigenvalue weighted by Crippen LogP contribution is 2.43. The first-order valence-corrected chi connectivity index (χ1v) is 7.99. The van der Waals surface area contributed by atoms with Crippen LogP contribution in [-0.2, 0) is 9.53 Å². The van der Waals surface area contributed by atoms with Crippen LogP contribution in [-0.4, -0.2) is 40.3 Å². The fraction of sp³-hybridized carbons (Fsp3) is 0.529. The van der Waals surface area contributed by atoms with Crippen molar-refractivity contribution in [3.63, 3.8) is 0 Å². The molecule has 1 aliphatic carbocycles. The van der Waals surface area contributed by atoms with Gasteiger partial charge in [0.15, 0.2) is 6.04 Å². The number of nitrogens with zero attached hydrogens (tertiary/aromatic N) is 1. The summed E-state index contributed by atoms with van der Waals surface area (Å²) in [6.07, 6.45) is 2.53. The average molecular weight is 339 g/mol. The van der Waals surface area contributed by atoms with Gasteiger partial charge in [0.1, 0.15) is 17.4 Å². The van der Waals surface area contributed by atoms with Crippen molar-refractivity contribution in [1.82, 2.24) is 4.90 Å². The third-order valence-electron chi connectivity index (χ3n) is 4.98. The molecule has 1 saturated carbocycles. The molecule has 1 aromatic rings. The molecular formula is C17H19F2NO4. The number of aliphatic carboxylic acids is 1. The minimum absolute atomic E-state index is 0.146. The predicted octanol–water partition coefficient (Wildman–Crippen LogP) is 2.80. The lowest BCUT2D eigenvalue weighted by molar-refractivity contribution is -0.143. The van der Waals surface area contributed by atoms with Crippen LogP contribution in [0.15, 0.2) is 18.2 Å². The highest BCUT2D eigenvalue weighted by atomic mass is 19.1. The lowest BCUT2D eigenvalue weighted by Gasteiger charge is -2.42. The maximum atomic E-state index is 14.0. The molecule has 1 amide bonds. The number of hydrogen-bond donors (Lipinski definition) is 1. The Hall–Kier alpha value is -2.02. The molecule has 1 aliphatic heterocycles. The molecule has 0 radical (unpaired) electrons. The molecule has 3 rings (SSSR count). The van der Waals surface area contributed by atoms with Crippen LogP contribution in [0.1, 0.15) is 43.0 Å². The quantitative estimate of drug-likeness (QED) is 0.900. The van der Waals surface area contributed by atoms with Crippen LogP contribution in [0, 0.1) is 17.6 Å². The van der Waals surface area contributed by atoms with Gasteiger partial charge in [-0.25, -0.2) is 13.6 Å². The second kappa shape index (κ2) is 6.12. The maximum absolute atomic E-state index is 14.0. The normalized spacial score (nSPS) is 29.9. The van der Waals surface area contributed by atoms with Crippen molar-refractivity contribution in [2.75, 3.05) is 6.61 Å². The summed E-state index contributed by atoms with van der Waals surface area (Å²) in [5.74, 6) is -3.23. The Morgan fingerprint density at radius 2 is 1.96 bits per heavy atom. The fourth-order valence-corrected chi connectivity index (χ4v) is 3.56. The largest absolute Gasteiger partial charge is 0.480 e. The van der Waals surface area contributed by atoms with E-state index < -0.39 is 40.8 Å². The Morgan fingerprint density at radius 1 is 1.29 bits per heavy atom. The molecule has 5 nitrogen and oxygen atoms in total. The van der Waals surface area contributed by atoms with Gasteiger partial charge < -0.3 is 9.84 Å². The first-order chi connectivity index (χ1) is 11.3. The molecule has 1 N–H and O–H groups in total. The van der Waals surface area contributed by atoms with E-state index in [0.29, 0.717) is 18.8 Å². The van der Waals surface area contributed by atoms with Crippen LogP contribution in [0.3, 0.4) is 0 Å². The molecule has 130 valence electrons. The molecule has 1 saturated heterocycles. The van der Waals surface area contributed by atoms with Gasteiger partial charge in [0.2, 0.25) is 0 Å². The summed E-state index contributed by atoms with van der Waals surface area (Å²) < 4.78 is 33.2. The number of ether oxygens (including phenoxy) is 1. The van der Waals surface area contributed by atoms with Crippen LogP contribution in [0.2, 0.25) is 0 Å². The summed E-state index contributed by atoms with van der Waals surface area (Å²) in [6, 6.07) is 1.38. The number of carbonyl (C=O) groups excluding carboxylic acids is 1. The fourth-order valence-electron chi connectivity index (χ4n) is 3.56. The summed E-state index contributed by atoms with van der Waals surface area (Å²) in [5.41, 5.74) is -1.52. The van der Waals surface area contributed by atoms with Crippen molar-refractivity contribution in [2.24, 2.45) is 5.92 Å². The van der Waals surface area contributed by atoms with Crippen LogP contribution >= 0.6 is 0 Å². The monoisotopic (exact) mass is 339 g/mol. The van der Waals surface area contributed by atoms with Crippen molar-refractivity contribution in [3.05, 3.63) is 35.4 Å². The summed E-state index contributed by atoms with van der Waals surface area (Å²) in [7, 11) is 0. The SMILES string of the molecule is CC1CCC2(CC1)OCC(C(=O)O)N2C(=O)c1cc(F)ccc1F. The molecule has 7 heteroatoms. The number of rotatable bonds is 2. The topological polar surface area (TPSA) is 66.8 Å². The third-order valence-corrected chi connectivity index (χ3v) is 4.98. The Morgan fingerprint density at radius 3 is 2.58 bits per heavy atom. The highest BCUT2D eigenvalue weighted by molar-refractivity contribution is 5.97. The summed E-state index contributed by atoms with van der Waals surface area (Å²) in [4.78, 5) is 25.5. The van der Waals surface area contributed by atoms with E-state index in [9.17, 15) is 23.5 Å². The van der Waals surface area contributed by atoms with Gasteiger partial charge in [-0.15, -0.1) is 0 Å². The first kappa shape index (κ1) is 16.8. The zero-order chi connectivity index (χ0) is 17.5. The molecule has 24 heavy (non-hydrogen) atoms. The van der Waals surface area contributed by atoms with Crippen molar-refractivity contribution in [3.8, 4) is 0 Å². The first-order valence-electron chi connectivity index (χ1n) is 7.99. The zero-order valence-electron chi connectivity index (χ0n) is 13.3. The van der Waals surface area contributed by atoms with Gasteiger partial charge in [-0.3, -0.25) is 9.69 Å². The van der Waals surface area contributed by atoms with Gasteiger partial charge in [-0.05, 0) is 49.8 Å². The molecule has 0 bridgehead atoms. The Balaban J connectivity index is 2.00. The molecule has 2 aliphatic rings. The van der Waals surface area contributed by atoms with E-state index in [-0.39, 0.29) is 6.61 Å². The van der Waals surface area contributed by atoms with E-state index in [1.165, 1.54) is 0 Å². The molecule has 1 atom stereocenters. The van der Waals surface area contributed by atoms with Crippen LogP contribution in [0.25, 0.3) is 0 Å². The van der Waals surface area contributed by atoms with Gasteiger partial charge in [-0.1, -0.05) is 6.92 Å². The number of carbonyl (C=O) groups is 2. The molecular weight excluding hydrogens is 320 g/mol. The van der Waals surface area contributed by atoms with Gasteiger partial charge >= 0.3 is 5.97 Å². The second-order valence-electron chi connectivity index (χ2n) is 6.59. The van der Waals surface area contributed by atoms with E-state index in [1.54, 1.807) is 0 Å². The molecule has 0 aromatic heterocycles. The molecule has 2 fully saturated rings. The third kappa shape index (κ3) is 2.77. The smallest absolute Gasteiger partial charge is 0.328 e. The van der Waals surface area contributed by atoms with Gasteiger partial charge in [0, 0.05) is 0 Å². The van der Waals surface area contributed by atoms with E-state index in [0.717, 1.165) is 35.9 Å². The Kier molecular flexibility index (Phi) is 4.29. The second-order valence-corrected chi connectivity index (χ2v) is 6.59. The number of benzene rings is 1. The van der Waals surface area contributed by atoms with E-state index in [1.807, 2.05) is 0 Å². The van der Waals surface area contributed by atoms with Crippen molar-refractivity contribution >= 4 is 11.9 Å². The lowest BCUT2D eigenvalue weighted by Crippen LogP contribution is -2.55. The number of amides is 1.